The lowest BCUT2D eigenvalue weighted by Gasteiger charge is -2.34. The number of carbonyl (C=O) groups excluding carboxylic acids is 2. The minimum Gasteiger partial charge on any atom is -0.450 e. The molecule has 0 aromatic carbocycles. The number of hydrogen-bond donors (Lipinski definition) is 1. The molecule has 0 atom stereocenters. The molecule has 98 valence electrons. The standard InChI is InChI=1S/C11H21N3O3/c1-3-13-5-7-14(8-6-13)10(15)9-12-11(16)17-4-2/h3-9H2,1-2H3,(H,12,16). The zero-order chi connectivity index (χ0) is 12.7. The summed E-state index contributed by atoms with van der Waals surface area (Å²) in [6.45, 7) is 8.46. The number of likely N-dealkylation sites (N-methyl/N-ethyl adjacent to an activating group) is 1. The first-order chi connectivity index (χ1) is 8.17. The Morgan fingerprint density at radius 2 is 1.82 bits per heavy atom. The molecule has 1 aliphatic rings. The molecule has 0 saturated carbocycles. The summed E-state index contributed by atoms with van der Waals surface area (Å²) in [5.41, 5.74) is 0. The molecule has 1 heterocycles. The predicted octanol–water partition coefficient (Wildman–Crippen LogP) is -0.103. The van der Waals surface area contributed by atoms with Gasteiger partial charge in [-0.1, -0.05) is 6.92 Å². The summed E-state index contributed by atoms with van der Waals surface area (Å²) < 4.78 is 4.69. The summed E-state index contributed by atoms with van der Waals surface area (Å²) in [5.74, 6) is -0.0474. The average Bonchev–Trinajstić information content (AvgIpc) is 2.36. The lowest BCUT2D eigenvalue weighted by atomic mass is 10.3. The number of rotatable bonds is 4. The van der Waals surface area contributed by atoms with Crippen molar-refractivity contribution >= 4 is 12.0 Å². The van der Waals surface area contributed by atoms with Crippen LogP contribution in [-0.4, -0.2) is 67.7 Å². The third-order valence-electron chi connectivity index (χ3n) is 2.83. The highest BCUT2D eigenvalue weighted by Crippen LogP contribution is 2.00. The molecule has 1 saturated heterocycles. The van der Waals surface area contributed by atoms with E-state index in [1.807, 2.05) is 0 Å². The molecule has 1 aliphatic heterocycles. The van der Waals surface area contributed by atoms with Crippen molar-refractivity contribution in [1.82, 2.24) is 15.1 Å². The molecule has 2 amide bonds. The second kappa shape index (κ2) is 7.11. The molecule has 17 heavy (non-hydrogen) atoms. The van der Waals surface area contributed by atoms with Gasteiger partial charge in [0.05, 0.1) is 6.61 Å². The normalized spacial score (nSPS) is 16.7. The molecule has 1 rings (SSSR count). The number of nitrogens with zero attached hydrogens (tertiary/aromatic N) is 2. The van der Waals surface area contributed by atoms with Gasteiger partial charge in [-0.2, -0.15) is 0 Å². The Kier molecular flexibility index (Phi) is 5.76. The van der Waals surface area contributed by atoms with Gasteiger partial charge in [-0.05, 0) is 13.5 Å². The number of piperazine rings is 1. The summed E-state index contributed by atoms with van der Waals surface area (Å²) in [6.07, 6.45) is -0.534. The molecule has 1 N–H and O–H groups in total. The van der Waals surface area contributed by atoms with E-state index in [1.54, 1.807) is 11.8 Å². The van der Waals surface area contributed by atoms with Crippen molar-refractivity contribution in [2.24, 2.45) is 0 Å². The Balaban J connectivity index is 2.22. The molecule has 6 heteroatoms. The molecule has 0 bridgehead atoms. The van der Waals surface area contributed by atoms with Crippen LogP contribution >= 0.6 is 0 Å². The summed E-state index contributed by atoms with van der Waals surface area (Å²) in [7, 11) is 0. The van der Waals surface area contributed by atoms with Crippen LogP contribution in [0.15, 0.2) is 0 Å². The number of hydrogen-bond acceptors (Lipinski definition) is 4. The van der Waals surface area contributed by atoms with Crippen molar-refractivity contribution in [2.45, 2.75) is 13.8 Å². The van der Waals surface area contributed by atoms with Crippen molar-refractivity contribution < 1.29 is 14.3 Å². The summed E-state index contributed by atoms with van der Waals surface area (Å²) in [6, 6.07) is 0. The van der Waals surface area contributed by atoms with Crippen LogP contribution in [0.25, 0.3) is 0 Å². The fourth-order valence-electron chi connectivity index (χ4n) is 1.76. The second-order valence-electron chi connectivity index (χ2n) is 3.89. The monoisotopic (exact) mass is 243 g/mol. The lowest BCUT2D eigenvalue weighted by Crippen LogP contribution is -2.51. The van der Waals surface area contributed by atoms with E-state index in [0.29, 0.717) is 6.61 Å². The minimum absolute atomic E-state index is 0.0188. The molecule has 0 aromatic rings. The number of amides is 2. The third-order valence-corrected chi connectivity index (χ3v) is 2.83. The average molecular weight is 243 g/mol. The van der Waals surface area contributed by atoms with E-state index in [1.165, 1.54) is 0 Å². The van der Waals surface area contributed by atoms with Crippen LogP contribution in [0, 0.1) is 0 Å². The van der Waals surface area contributed by atoms with Gasteiger partial charge >= 0.3 is 6.09 Å². The van der Waals surface area contributed by atoms with Crippen LogP contribution in [-0.2, 0) is 9.53 Å². The fraction of sp³-hybridized carbons (Fsp3) is 0.818. The van der Waals surface area contributed by atoms with Gasteiger partial charge < -0.3 is 19.9 Å². The molecular formula is C11H21N3O3. The van der Waals surface area contributed by atoms with Gasteiger partial charge in [-0.15, -0.1) is 0 Å². The molecule has 0 unspecified atom stereocenters. The Morgan fingerprint density at radius 3 is 2.35 bits per heavy atom. The third kappa shape index (κ3) is 4.60. The molecule has 6 nitrogen and oxygen atoms in total. The number of ether oxygens (including phenoxy) is 1. The Hall–Kier alpha value is -1.30. The highest BCUT2D eigenvalue weighted by atomic mass is 16.5. The highest BCUT2D eigenvalue weighted by Gasteiger charge is 2.20. The Bertz CT molecular complexity index is 263. The number of carbonyl (C=O) groups is 2. The van der Waals surface area contributed by atoms with Gasteiger partial charge in [0.1, 0.15) is 6.54 Å². The Morgan fingerprint density at radius 1 is 1.18 bits per heavy atom. The number of nitrogens with one attached hydrogen (secondary N) is 1. The maximum atomic E-state index is 11.7. The minimum atomic E-state index is -0.534. The van der Waals surface area contributed by atoms with Crippen molar-refractivity contribution in [3.63, 3.8) is 0 Å². The van der Waals surface area contributed by atoms with E-state index in [-0.39, 0.29) is 12.5 Å². The van der Waals surface area contributed by atoms with E-state index in [9.17, 15) is 9.59 Å². The van der Waals surface area contributed by atoms with Crippen LogP contribution in [0.3, 0.4) is 0 Å². The zero-order valence-corrected chi connectivity index (χ0v) is 10.6. The fourth-order valence-corrected chi connectivity index (χ4v) is 1.76. The first-order valence-electron chi connectivity index (χ1n) is 6.08. The van der Waals surface area contributed by atoms with Crippen LogP contribution < -0.4 is 5.32 Å². The molecular weight excluding hydrogens is 222 g/mol. The zero-order valence-electron chi connectivity index (χ0n) is 10.6. The molecule has 0 aromatic heterocycles. The highest BCUT2D eigenvalue weighted by molar-refractivity contribution is 5.82. The van der Waals surface area contributed by atoms with Gasteiger partial charge in [0, 0.05) is 26.2 Å². The van der Waals surface area contributed by atoms with Crippen LogP contribution in [0.2, 0.25) is 0 Å². The topological polar surface area (TPSA) is 61.9 Å². The van der Waals surface area contributed by atoms with E-state index in [2.05, 4.69) is 21.9 Å². The summed E-state index contributed by atoms with van der Waals surface area (Å²) >= 11 is 0. The quantitative estimate of drug-likeness (QED) is 0.749. The largest absolute Gasteiger partial charge is 0.450 e. The maximum Gasteiger partial charge on any atom is 0.407 e. The van der Waals surface area contributed by atoms with E-state index >= 15 is 0 Å². The van der Waals surface area contributed by atoms with Crippen LogP contribution in [0.4, 0.5) is 4.79 Å². The van der Waals surface area contributed by atoms with Crippen molar-refractivity contribution in [3.05, 3.63) is 0 Å². The van der Waals surface area contributed by atoms with Crippen molar-refractivity contribution in [2.75, 3.05) is 45.9 Å². The van der Waals surface area contributed by atoms with Gasteiger partial charge in [0.15, 0.2) is 0 Å². The molecule has 0 spiro atoms. The first kappa shape index (κ1) is 13.8. The Labute approximate surface area is 102 Å². The van der Waals surface area contributed by atoms with E-state index in [4.69, 9.17) is 0 Å². The lowest BCUT2D eigenvalue weighted by molar-refractivity contribution is -0.131. The van der Waals surface area contributed by atoms with Crippen molar-refractivity contribution in [1.29, 1.82) is 0 Å². The molecule has 1 fully saturated rings. The first-order valence-corrected chi connectivity index (χ1v) is 6.08. The van der Waals surface area contributed by atoms with E-state index < -0.39 is 6.09 Å². The smallest absolute Gasteiger partial charge is 0.407 e. The second-order valence-corrected chi connectivity index (χ2v) is 3.89. The van der Waals surface area contributed by atoms with E-state index in [0.717, 1.165) is 32.7 Å². The maximum absolute atomic E-state index is 11.7. The van der Waals surface area contributed by atoms with Gasteiger partial charge in [0.2, 0.25) is 5.91 Å². The SMILES string of the molecule is CCOC(=O)NCC(=O)N1CCN(CC)CC1. The summed E-state index contributed by atoms with van der Waals surface area (Å²) in [5, 5.41) is 2.44. The summed E-state index contributed by atoms with van der Waals surface area (Å²) in [4.78, 5) is 26.8. The molecule has 0 aliphatic carbocycles. The predicted molar refractivity (Wildman–Crippen MR) is 63.7 cm³/mol. The number of alkyl carbamates (subject to hydrolysis) is 1. The molecule has 0 radical (unpaired) electrons. The van der Waals surface area contributed by atoms with Crippen LogP contribution in [0.5, 0.6) is 0 Å². The van der Waals surface area contributed by atoms with Gasteiger partial charge in [-0.3, -0.25) is 4.79 Å². The van der Waals surface area contributed by atoms with Crippen LogP contribution in [0.1, 0.15) is 13.8 Å². The van der Waals surface area contributed by atoms with Crippen molar-refractivity contribution in [3.8, 4) is 0 Å². The van der Waals surface area contributed by atoms with Gasteiger partial charge in [0.25, 0.3) is 0 Å². The van der Waals surface area contributed by atoms with Gasteiger partial charge in [-0.25, -0.2) is 4.79 Å².